The fourth-order valence-corrected chi connectivity index (χ4v) is 3.71. The Bertz CT molecular complexity index is 1200. The van der Waals surface area contributed by atoms with Gasteiger partial charge in [0.25, 0.3) is 0 Å². The maximum Gasteiger partial charge on any atom is 0.416 e. The monoisotopic (exact) mass is 472 g/mol. The first-order chi connectivity index (χ1) is 14.6. The molecule has 0 spiro atoms. The number of hydrogen-bond donors (Lipinski definition) is 2. The number of hydrogen-bond acceptors (Lipinski definition) is 6. The highest BCUT2D eigenvalue weighted by atomic mass is 35.5. The molecule has 6 nitrogen and oxygen atoms in total. The molecule has 0 aliphatic heterocycles. The Morgan fingerprint density at radius 3 is 2.68 bits per heavy atom. The molecule has 0 saturated heterocycles. The SMILES string of the molecule is CCSc1cc(=O)c2cc(C(F)(F)F)cc(CCNc3ccc(Cl)nc3C(=O)O)c2o1. The van der Waals surface area contributed by atoms with Crippen LogP contribution in [0.15, 0.2) is 44.6 Å². The molecule has 0 aliphatic carbocycles. The Balaban J connectivity index is 1.98. The van der Waals surface area contributed by atoms with E-state index in [1.54, 1.807) is 0 Å². The number of thioether (sulfide) groups is 1. The van der Waals surface area contributed by atoms with Crippen LogP contribution < -0.4 is 10.7 Å². The lowest BCUT2D eigenvalue weighted by Crippen LogP contribution is -2.13. The number of pyridine rings is 1. The fourth-order valence-electron chi connectivity index (χ4n) is 2.94. The van der Waals surface area contributed by atoms with E-state index in [0.29, 0.717) is 10.8 Å². The Morgan fingerprint density at radius 1 is 1.29 bits per heavy atom. The van der Waals surface area contributed by atoms with E-state index < -0.39 is 23.1 Å². The summed E-state index contributed by atoms with van der Waals surface area (Å²) in [5.74, 6) is -0.685. The van der Waals surface area contributed by atoms with Crippen molar-refractivity contribution in [2.24, 2.45) is 0 Å². The number of carbonyl (C=O) groups is 1. The van der Waals surface area contributed by atoms with Crippen molar-refractivity contribution >= 4 is 46.0 Å². The predicted octanol–water partition coefficient (Wildman–Crippen LogP) is 5.33. The molecule has 2 N–H and O–H groups in total. The van der Waals surface area contributed by atoms with Crippen molar-refractivity contribution in [3.63, 3.8) is 0 Å². The topological polar surface area (TPSA) is 92.4 Å². The molecule has 2 heterocycles. The van der Waals surface area contributed by atoms with Gasteiger partial charge in [0.05, 0.1) is 16.6 Å². The van der Waals surface area contributed by atoms with Gasteiger partial charge in [-0.15, -0.1) is 0 Å². The zero-order valence-corrected chi connectivity index (χ0v) is 17.6. The van der Waals surface area contributed by atoms with Crippen LogP contribution in [-0.2, 0) is 12.6 Å². The largest absolute Gasteiger partial charge is 0.476 e. The number of fused-ring (bicyclic) bond motifs is 1. The van der Waals surface area contributed by atoms with Gasteiger partial charge in [0.2, 0.25) is 0 Å². The minimum Gasteiger partial charge on any atom is -0.476 e. The second-order valence-corrected chi connectivity index (χ2v) is 8.04. The summed E-state index contributed by atoms with van der Waals surface area (Å²) in [6, 6.07) is 5.70. The van der Waals surface area contributed by atoms with Crippen molar-refractivity contribution in [1.82, 2.24) is 4.98 Å². The van der Waals surface area contributed by atoms with Gasteiger partial charge in [-0.3, -0.25) is 4.79 Å². The van der Waals surface area contributed by atoms with Gasteiger partial charge in [-0.1, -0.05) is 30.3 Å². The first-order valence-corrected chi connectivity index (χ1v) is 10.4. The molecular formula is C20H16ClF3N2O4S. The number of rotatable bonds is 7. The summed E-state index contributed by atoms with van der Waals surface area (Å²) in [5.41, 5.74) is -1.42. The number of halogens is 4. The zero-order valence-electron chi connectivity index (χ0n) is 16.0. The van der Waals surface area contributed by atoms with Gasteiger partial charge in [0.15, 0.2) is 16.2 Å². The summed E-state index contributed by atoms with van der Waals surface area (Å²) in [6.45, 7) is 1.92. The average Bonchev–Trinajstić information content (AvgIpc) is 2.68. The lowest BCUT2D eigenvalue weighted by atomic mass is 10.0. The molecule has 0 aliphatic rings. The van der Waals surface area contributed by atoms with Gasteiger partial charge >= 0.3 is 12.1 Å². The second kappa shape index (κ2) is 9.19. The lowest BCUT2D eigenvalue weighted by Gasteiger charge is -2.14. The Hall–Kier alpha value is -2.72. The van der Waals surface area contributed by atoms with Crippen LogP contribution in [0.25, 0.3) is 11.0 Å². The highest BCUT2D eigenvalue weighted by Crippen LogP contribution is 2.34. The number of carboxylic acids is 1. The molecule has 0 bridgehead atoms. The fraction of sp³-hybridized carbons (Fsp3) is 0.250. The van der Waals surface area contributed by atoms with E-state index in [0.717, 1.165) is 12.1 Å². The third-order valence-corrected chi connectivity index (χ3v) is 5.26. The zero-order chi connectivity index (χ0) is 22.8. The number of carboxylic acid groups (broad SMARTS) is 1. The van der Waals surface area contributed by atoms with E-state index in [-0.39, 0.29) is 46.0 Å². The van der Waals surface area contributed by atoms with Crippen LogP contribution in [0.2, 0.25) is 5.15 Å². The number of aromatic nitrogens is 1. The smallest absolute Gasteiger partial charge is 0.416 e. The van der Waals surface area contributed by atoms with E-state index in [1.807, 2.05) is 6.92 Å². The summed E-state index contributed by atoms with van der Waals surface area (Å²) in [4.78, 5) is 27.5. The quantitative estimate of drug-likeness (QED) is 0.355. The Kier molecular flexibility index (Phi) is 6.80. The average molecular weight is 473 g/mol. The molecule has 0 unspecified atom stereocenters. The molecule has 0 atom stereocenters. The summed E-state index contributed by atoms with van der Waals surface area (Å²) >= 11 is 6.98. The number of aromatic carboxylic acids is 1. The molecule has 0 radical (unpaired) electrons. The van der Waals surface area contributed by atoms with Crippen molar-refractivity contribution in [3.8, 4) is 0 Å². The summed E-state index contributed by atoms with van der Waals surface area (Å²) < 4.78 is 45.8. The lowest BCUT2D eigenvalue weighted by molar-refractivity contribution is -0.137. The third-order valence-electron chi connectivity index (χ3n) is 4.27. The van der Waals surface area contributed by atoms with Gasteiger partial charge in [0, 0.05) is 12.6 Å². The maximum atomic E-state index is 13.4. The summed E-state index contributed by atoms with van der Waals surface area (Å²) in [6.07, 6.45) is -4.61. The Labute approximate surface area is 183 Å². The molecule has 3 rings (SSSR count). The van der Waals surface area contributed by atoms with Gasteiger partial charge in [0.1, 0.15) is 10.7 Å². The number of nitrogens with one attached hydrogen (secondary N) is 1. The Morgan fingerprint density at radius 2 is 2.03 bits per heavy atom. The number of anilines is 1. The van der Waals surface area contributed by atoms with Gasteiger partial charge in [-0.25, -0.2) is 9.78 Å². The molecule has 164 valence electrons. The molecule has 11 heteroatoms. The van der Waals surface area contributed by atoms with E-state index in [4.69, 9.17) is 16.0 Å². The van der Waals surface area contributed by atoms with Crippen LogP contribution in [0.1, 0.15) is 28.5 Å². The number of benzene rings is 1. The van der Waals surface area contributed by atoms with Crippen molar-refractivity contribution in [2.75, 3.05) is 17.6 Å². The van der Waals surface area contributed by atoms with Crippen molar-refractivity contribution in [3.05, 3.63) is 62.5 Å². The van der Waals surface area contributed by atoms with Crippen molar-refractivity contribution < 1.29 is 27.5 Å². The van der Waals surface area contributed by atoms with E-state index >= 15 is 0 Å². The van der Waals surface area contributed by atoms with Crippen LogP contribution in [0.4, 0.5) is 18.9 Å². The standard InChI is InChI=1S/C20H16ClF3N2O4S/c1-2-31-16-9-14(27)12-8-11(20(22,23)24)7-10(18(12)30-16)5-6-25-13-3-4-15(21)26-17(13)19(28)29/h3-4,7-9,25H,2,5-6H2,1H3,(H,28,29). The highest BCUT2D eigenvalue weighted by molar-refractivity contribution is 7.99. The molecule has 0 saturated carbocycles. The molecule has 31 heavy (non-hydrogen) atoms. The minimum atomic E-state index is -4.64. The summed E-state index contributed by atoms with van der Waals surface area (Å²) in [7, 11) is 0. The normalized spacial score (nSPS) is 11.6. The van der Waals surface area contributed by atoms with Crippen molar-refractivity contribution in [2.45, 2.75) is 24.6 Å². The van der Waals surface area contributed by atoms with Crippen LogP contribution in [0.3, 0.4) is 0 Å². The van der Waals surface area contributed by atoms with Gasteiger partial charge < -0.3 is 14.8 Å². The maximum absolute atomic E-state index is 13.4. The molecule has 0 amide bonds. The van der Waals surface area contributed by atoms with Gasteiger partial charge in [-0.2, -0.15) is 13.2 Å². The first-order valence-electron chi connectivity index (χ1n) is 9.04. The van der Waals surface area contributed by atoms with E-state index in [1.165, 1.54) is 30.0 Å². The van der Waals surface area contributed by atoms with Crippen LogP contribution in [-0.4, -0.2) is 28.4 Å². The van der Waals surface area contributed by atoms with Crippen molar-refractivity contribution in [1.29, 1.82) is 0 Å². The van der Waals surface area contributed by atoms with Crippen LogP contribution >= 0.6 is 23.4 Å². The van der Waals surface area contributed by atoms with Crippen LogP contribution in [0.5, 0.6) is 0 Å². The summed E-state index contributed by atoms with van der Waals surface area (Å²) in [5, 5.41) is 12.2. The van der Waals surface area contributed by atoms with Gasteiger partial charge in [-0.05, 0) is 42.0 Å². The third kappa shape index (κ3) is 5.31. The van der Waals surface area contributed by atoms with Crippen LogP contribution in [0, 0.1) is 0 Å². The molecule has 1 aromatic carbocycles. The molecular weight excluding hydrogens is 457 g/mol. The number of nitrogens with zero attached hydrogens (tertiary/aromatic N) is 1. The highest BCUT2D eigenvalue weighted by Gasteiger charge is 2.32. The van der Waals surface area contributed by atoms with E-state index in [9.17, 15) is 27.9 Å². The number of alkyl halides is 3. The van der Waals surface area contributed by atoms with E-state index in [2.05, 4.69) is 10.3 Å². The minimum absolute atomic E-state index is 0.00505. The molecule has 0 fully saturated rings. The second-order valence-electron chi connectivity index (χ2n) is 6.38. The predicted molar refractivity (Wildman–Crippen MR) is 112 cm³/mol. The molecule has 2 aromatic heterocycles. The molecule has 3 aromatic rings. The first kappa shape index (κ1) is 23.0.